The Morgan fingerprint density at radius 1 is 1.52 bits per heavy atom. The maximum Gasteiger partial charge on any atom is 0.220 e. The van der Waals surface area contributed by atoms with Gasteiger partial charge < -0.3 is 20.6 Å². The highest BCUT2D eigenvalue weighted by molar-refractivity contribution is 5.81. The molecule has 0 aliphatic carbocycles. The number of likely N-dealkylation sites (tertiary alicyclic amines) is 1. The molecule has 0 radical (unpaired) electrons. The fraction of sp³-hybridized carbons (Fsp3) is 0.556. The molecular formula is C18H25FN4O2. The molecule has 6 nitrogen and oxygen atoms in total. The van der Waals surface area contributed by atoms with Crippen molar-refractivity contribution in [2.24, 2.45) is 10.4 Å². The fourth-order valence-corrected chi connectivity index (χ4v) is 3.67. The fourth-order valence-electron chi connectivity index (χ4n) is 3.67. The van der Waals surface area contributed by atoms with E-state index in [-0.39, 0.29) is 17.1 Å². The number of hydrogen-bond acceptors (Lipinski definition) is 3. The molecule has 1 spiro atoms. The van der Waals surface area contributed by atoms with Crippen molar-refractivity contribution in [3.63, 3.8) is 0 Å². The second kappa shape index (κ2) is 7.29. The number of hydrogen-bond donors (Lipinski definition) is 3. The van der Waals surface area contributed by atoms with E-state index >= 15 is 0 Å². The lowest BCUT2D eigenvalue weighted by atomic mass is 9.79. The van der Waals surface area contributed by atoms with Crippen molar-refractivity contribution in [2.45, 2.75) is 32.7 Å². The Morgan fingerprint density at radius 2 is 2.36 bits per heavy atom. The van der Waals surface area contributed by atoms with E-state index in [2.05, 4.69) is 20.5 Å². The Morgan fingerprint density at radius 3 is 3.04 bits per heavy atom. The van der Waals surface area contributed by atoms with E-state index in [1.54, 1.807) is 6.07 Å². The van der Waals surface area contributed by atoms with Gasteiger partial charge in [0.25, 0.3) is 0 Å². The highest BCUT2D eigenvalue weighted by atomic mass is 19.1. The average Bonchev–Trinajstić information content (AvgIpc) is 2.94. The van der Waals surface area contributed by atoms with E-state index in [1.807, 2.05) is 6.92 Å². The number of piperidine rings is 1. The third-order valence-corrected chi connectivity index (χ3v) is 4.92. The van der Waals surface area contributed by atoms with Gasteiger partial charge in [0.2, 0.25) is 5.91 Å². The number of phenols is 1. The van der Waals surface area contributed by atoms with Crippen LogP contribution in [-0.2, 0) is 11.3 Å². The van der Waals surface area contributed by atoms with Crippen LogP contribution in [0.3, 0.4) is 0 Å². The summed E-state index contributed by atoms with van der Waals surface area (Å²) in [7, 11) is 0. The zero-order valence-electron chi connectivity index (χ0n) is 14.5. The van der Waals surface area contributed by atoms with Crippen molar-refractivity contribution < 1.29 is 14.3 Å². The largest absolute Gasteiger partial charge is 0.505 e. The first kappa shape index (κ1) is 17.5. The molecule has 3 N–H and O–H groups in total. The number of rotatable bonds is 3. The number of aromatic hydroxyl groups is 1. The molecule has 2 aliphatic heterocycles. The molecule has 136 valence electrons. The van der Waals surface area contributed by atoms with Crippen molar-refractivity contribution in [3.8, 4) is 5.75 Å². The van der Waals surface area contributed by atoms with Gasteiger partial charge in [-0.3, -0.25) is 4.79 Å². The molecule has 1 unspecified atom stereocenters. The number of carbonyl (C=O) groups excluding carboxylic acids is 1. The topological polar surface area (TPSA) is 77.0 Å². The predicted molar refractivity (Wildman–Crippen MR) is 93.7 cm³/mol. The van der Waals surface area contributed by atoms with Gasteiger partial charge in [-0.1, -0.05) is 6.07 Å². The van der Waals surface area contributed by atoms with E-state index in [1.165, 1.54) is 12.1 Å². The van der Waals surface area contributed by atoms with Gasteiger partial charge in [0.1, 0.15) is 0 Å². The molecule has 0 saturated carbocycles. The summed E-state index contributed by atoms with van der Waals surface area (Å²) in [5, 5.41) is 15.5. The van der Waals surface area contributed by atoms with Gasteiger partial charge >= 0.3 is 0 Å². The van der Waals surface area contributed by atoms with Crippen LogP contribution in [0.2, 0.25) is 0 Å². The highest BCUT2D eigenvalue weighted by Gasteiger charge is 2.42. The van der Waals surface area contributed by atoms with Crippen LogP contribution in [0, 0.1) is 11.2 Å². The highest BCUT2D eigenvalue weighted by Crippen LogP contribution is 2.36. The summed E-state index contributed by atoms with van der Waals surface area (Å²) in [5.74, 6) is -0.0704. The van der Waals surface area contributed by atoms with E-state index in [0.29, 0.717) is 18.5 Å². The first-order valence-electron chi connectivity index (χ1n) is 8.79. The van der Waals surface area contributed by atoms with Crippen LogP contribution in [0.25, 0.3) is 0 Å². The summed E-state index contributed by atoms with van der Waals surface area (Å²) < 4.78 is 13.5. The van der Waals surface area contributed by atoms with Crippen LogP contribution < -0.4 is 10.6 Å². The molecule has 1 aromatic rings. The second-order valence-corrected chi connectivity index (χ2v) is 6.93. The Hall–Kier alpha value is -2.31. The third-order valence-electron chi connectivity index (χ3n) is 4.92. The standard InChI is InChI=1S/C18H25FN4O2/c1-2-20-17(21-10-13-4-5-15(24)14(19)8-13)23-7-3-6-18(12-23)9-16(25)22-11-18/h4-5,8,24H,2-3,6-7,9-12H2,1H3,(H,20,21)(H,22,25). The Balaban J connectivity index is 1.73. The van der Waals surface area contributed by atoms with E-state index in [4.69, 9.17) is 0 Å². The summed E-state index contributed by atoms with van der Waals surface area (Å²) in [4.78, 5) is 18.5. The number of phenolic OH excluding ortho intramolecular Hbond substituents is 1. The van der Waals surface area contributed by atoms with Crippen molar-refractivity contribution >= 4 is 11.9 Å². The summed E-state index contributed by atoms with van der Waals surface area (Å²) in [6.45, 7) is 5.50. The van der Waals surface area contributed by atoms with Crippen molar-refractivity contribution in [3.05, 3.63) is 29.6 Å². The smallest absolute Gasteiger partial charge is 0.220 e. The molecule has 1 aromatic carbocycles. The lowest BCUT2D eigenvalue weighted by molar-refractivity contribution is -0.119. The number of nitrogens with zero attached hydrogens (tertiary/aromatic N) is 2. The number of nitrogens with one attached hydrogen (secondary N) is 2. The lowest BCUT2D eigenvalue weighted by Gasteiger charge is -2.40. The van der Waals surface area contributed by atoms with Crippen LogP contribution in [0.5, 0.6) is 5.75 Å². The molecule has 7 heteroatoms. The Bertz CT molecular complexity index is 679. The first-order valence-corrected chi connectivity index (χ1v) is 8.79. The minimum absolute atomic E-state index is 0.00380. The third kappa shape index (κ3) is 4.03. The molecular weight excluding hydrogens is 323 g/mol. The van der Waals surface area contributed by atoms with Crippen LogP contribution in [0.1, 0.15) is 31.7 Å². The predicted octanol–water partition coefficient (Wildman–Crippen LogP) is 1.60. The van der Waals surface area contributed by atoms with E-state index < -0.39 is 5.82 Å². The Kier molecular flexibility index (Phi) is 5.11. The molecule has 0 aromatic heterocycles. The van der Waals surface area contributed by atoms with Crippen molar-refractivity contribution in [1.29, 1.82) is 0 Å². The van der Waals surface area contributed by atoms with Gasteiger partial charge in [-0.05, 0) is 37.5 Å². The minimum atomic E-state index is -0.634. The van der Waals surface area contributed by atoms with Crippen LogP contribution >= 0.6 is 0 Å². The average molecular weight is 348 g/mol. The molecule has 1 atom stereocenters. The minimum Gasteiger partial charge on any atom is -0.505 e. The van der Waals surface area contributed by atoms with Gasteiger partial charge in [0, 0.05) is 38.0 Å². The van der Waals surface area contributed by atoms with Gasteiger partial charge in [0.05, 0.1) is 6.54 Å². The molecule has 2 heterocycles. The maximum atomic E-state index is 13.5. The van der Waals surface area contributed by atoms with Gasteiger partial charge in [-0.25, -0.2) is 9.38 Å². The van der Waals surface area contributed by atoms with Crippen molar-refractivity contribution in [2.75, 3.05) is 26.2 Å². The quantitative estimate of drug-likeness (QED) is 0.573. The van der Waals surface area contributed by atoms with E-state index in [9.17, 15) is 14.3 Å². The maximum absolute atomic E-state index is 13.5. The van der Waals surface area contributed by atoms with Crippen LogP contribution in [0.15, 0.2) is 23.2 Å². The first-order chi connectivity index (χ1) is 12.0. The monoisotopic (exact) mass is 348 g/mol. The zero-order chi connectivity index (χ0) is 17.9. The van der Waals surface area contributed by atoms with E-state index in [0.717, 1.165) is 45.0 Å². The number of carbonyl (C=O) groups is 1. The summed E-state index contributed by atoms with van der Waals surface area (Å²) in [5.41, 5.74) is 0.700. The summed E-state index contributed by atoms with van der Waals surface area (Å²) >= 11 is 0. The van der Waals surface area contributed by atoms with Crippen molar-refractivity contribution in [1.82, 2.24) is 15.5 Å². The van der Waals surface area contributed by atoms with Crippen LogP contribution in [0.4, 0.5) is 4.39 Å². The molecule has 0 bridgehead atoms. The zero-order valence-corrected chi connectivity index (χ0v) is 14.5. The number of aliphatic imine (C=N–C) groups is 1. The molecule has 1 amide bonds. The Labute approximate surface area is 147 Å². The molecule has 2 aliphatic rings. The molecule has 2 saturated heterocycles. The van der Waals surface area contributed by atoms with Gasteiger partial charge in [-0.15, -0.1) is 0 Å². The normalized spacial score (nSPS) is 23.8. The number of benzene rings is 1. The molecule has 3 rings (SSSR count). The molecule has 2 fully saturated rings. The number of amides is 1. The van der Waals surface area contributed by atoms with Gasteiger partial charge in [0.15, 0.2) is 17.5 Å². The second-order valence-electron chi connectivity index (χ2n) is 6.93. The molecule has 25 heavy (non-hydrogen) atoms. The number of guanidine groups is 1. The number of halogens is 1. The SMILES string of the molecule is CCNC(=NCc1ccc(O)c(F)c1)N1CCCC2(CNC(=O)C2)C1. The lowest BCUT2D eigenvalue weighted by Crippen LogP contribution is -2.51. The summed E-state index contributed by atoms with van der Waals surface area (Å²) in [6, 6.07) is 4.32. The van der Waals surface area contributed by atoms with Gasteiger partial charge in [-0.2, -0.15) is 0 Å². The summed E-state index contributed by atoms with van der Waals surface area (Å²) in [6.07, 6.45) is 2.64. The van der Waals surface area contributed by atoms with Crippen LogP contribution in [-0.4, -0.2) is 48.1 Å².